The van der Waals surface area contributed by atoms with Gasteiger partial charge in [-0.25, -0.2) is 0 Å². The number of rotatable bonds is 8. The fourth-order valence-electron chi connectivity index (χ4n) is 3.20. The number of carbonyl (C=O) groups excluding carboxylic acids is 1. The number of benzene rings is 3. The Morgan fingerprint density at radius 3 is 2.59 bits per heavy atom. The lowest BCUT2D eigenvalue weighted by atomic mass is 10.1. The van der Waals surface area contributed by atoms with Crippen LogP contribution in [0.1, 0.15) is 23.6 Å². The lowest BCUT2D eigenvalue weighted by Crippen LogP contribution is -2.14. The van der Waals surface area contributed by atoms with Gasteiger partial charge in [0, 0.05) is 5.69 Å². The molecule has 0 spiro atoms. The highest BCUT2D eigenvalue weighted by Crippen LogP contribution is 2.38. The Kier molecular flexibility index (Phi) is 9.00. The monoisotopic (exact) mass is 558 g/mol. The van der Waals surface area contributed by atoms with Crippen molar-refractivity contribution < 1.29 is 14.3 Å². The Balaban J connectivity index is 1.83. The number of methoxy groups -OCH3 is 1. The molecule has 0 atom stereocenters. The summed E-state index contributed by atoms with van der Waals surface area (Å²) < 4.78 is 12.0. The van der Waals surface area contributed by atoms with Crippen LogP contribution in [0, 0.1) is 11.3 Å². The van der Waals surface area contributed by atoms with Crippen LogP contribution in [0.5, 0.6) is 11.5 Å². The standard InChI is InChI=1S/C26H21BrCl2N2O3/c1-3-18-6-4-5-7-23(18)31-26(32)19(14-30)10-17-11-20(27)25(24(13-17)33-2)34-15-16-8-9-21(28)22(29)12-16/h4-13H,3,15H2,1-2H3,(H,31,32)/b19-10+. The van der Waals surface area contributed by atoms with Gasteiger partial charge < -0.3 is 14.8 Å². The third kappa shape index (κ3) is 6.32. The smallest absolute Gasteiger partial charge is 0.266 e. The number of halogens is 3. The van der Waals surface area contributed by atoms with Crippen LogP contribution in [0.15, 0.2) is 64.6 Å². The summed E-state index contributed by atoms with van der Waals surface area (Å²) in [6, 6.07) is 18.2. The number of nitriles is 1. The number of para-hydroxylation sites is 1. The van der Waals surface area contributed by atoms with Gasteiger partial charge in [0.05, 0.1) is 21.6 Å². The molecule has 0 radical (unpaired) electrons. The molecule has 3 aromatic carbocycles. The van der Waals surface area contributed by atoms with Crippen LogP contribution < -0.4 is 14.8 Å². The molecule has 3 rings (SSSR count). The van der Waals surface area contributed by atoms with Crippen molar-refractivity contribution in [3.63, 3.8) is 0 Å². The molecule has 3 aromatic rings. The second kappa shape index (κ2) is 11.9. The number of nitrogens with zero attached hydrogens (tertiary/aromatic N) is 1. The highest BCUT2D eigenvalue weighted by atomic mass is 79.9. The molecule has 1 amide bonds. The number of hydrogen-bond acceptors (Lipinski definition) is 4. The molecule has 0 fully saturated rings. The fourth-order valence-corrected chi connectivity index (χ4v) is 4.10. The maximum absolute atomic E-state index is 12.7. The van der Waals surface area contributed by atoms with Crippen molar-refractivity contribution >= 4 is 56.8 Å². The highest BCUT2D eigenvalue weighted by Gasteiger charge is 2.15. The van der Waals surface area contributed by atoms with E-state index in [2.05, 4.69) is 21.2 Å². The van der Waals surface area contributed by atoms with Crippen LogP contribution in [0.25, 0.3) is 6.08 Å². The Hall–Kier alpha value is -2.98. The third-order valence-corrected chi connectivity index (χ3v) is 6.27. The molecule has 0 unspecified atom stereocenters. The van der Waals surface area contributed by atoms with Crippen molar-refractivity contribution in [2.75, 3.05) is 12.4 Å². The second-order valence-corrected chi connectivity index (χ2v) is 8.87. The molecule has 174 valence electrons. The van der Waals surface area contributed by atoms with Gasteiger partial charge in [0.1, 0.15) is 18.2 Å². The van der Waals surface area contributed by atoms with Crippen LogP contribution in [0.3, 0.4) is 0 Å². The summed E-state index contributed by atoms with van der Waals surface area (Å²) >= 11 is 15.5. The van der Waals surface area contributed by atoms with Gasteiger partial charge in [-0.2, -0.15) is 5.26 Å². The molecule has 0 saturated carbocycles. The van der Waals surface area contributed by atoms with Crippen molar-refractivity contribution in [1.29, 1.82) is 5.26 Å². The number of anilines is 1. The van der Waals surface area contributed by atoms with Crippen molar-refractivity contribution in [2.45, 2.75) is 20.0 Å². The molecule has 8 heteroatoms. The predicted octanol–water partition coefficient (Wildman–Crippen LogP) is 7.45. The topological polar surface area (TPSA) is 71.4 Å². The molecule has 0 bridgehead atoms. The van der Waals surface area contributed by atoms with Crippen molar-refractivity contribution in [3.8, 4) is 17.6 Å². The van der Waals surface area contributed by atoms with Crippen LogP contribution >= 0.6 is 39.1 Å². The summed E-state index contributed by atoms with van der Waals surface area (Å²) in [5.74, 6) is 0.429. The van der Waals surface area contributed by atoms with E-state index in [0.717, 1.165) is 17.5 Å². The Morgan fingerprint density at radius 1 is 1.15 bits per heavy atom. The largest absolute Gasteiger partial charge is 0.493 e. The second-order valence-electron chi connectivity index (χ2n) is 7.21. The number of aryl methyl sites for hydroxylation is 1. The number of hydrogen-bond donors (Lipinski definition) is 1. The average Bonchev–Trinajstić information content (AvgIpc) is 2.83. The molecule has 1 N–H and O–H groups in total. The maximum atomic E-state index is 12.7. The molecular formula is C26H21BrCl2N2O3. The molecule has 0 saturated heterocycles. The van der Waals surface area contributed by atoms with E-state index in [1.54, 1.807) is 24.3 Å². The first-order chi connectivity index (χ1) is 16.4. The third-order valence-electron chi connectivity index (χ3n) is 4.94. The molecule has 0 aromatic heterocycles. The molecule has 34 heavy (non-hydrogen) atoms. The lowest BCUT2D eigenvalue weighted by molar-refractivity contribution is -0.112. The minimum Gasteiger partial charge on any atom is -0.493 e. The van der Waals surface area contributed by atoms with E-state index in [-0.39, 0.29) is 12.2 Å². The van der Waals surface area contributed by atoms with Gasteiger partial charge in [0.2, 0.25) is 0 Å². The predicted molar refractivity (Wildman–Crippen MR) is 140 cm³/mol. The lowest BCUT2D eigenvalue weighted by Gasteiger charge is -2.14. The Morgan fingerprint density at radius 2 is 1.91 bits per heavy atom. The van der Waals surface area contributed by atoms with E-state index in [9.17, 15) is 10.1 Å². The van der Waals surface area contributed by atoms with E-state index < -0.39 is 5.91 Å². The van der Waals surface area contributed by atoms with E-state index in [1.807, 2.05) is 43.3 Å². The van der Waals surface area contributed by atoms with Gasteiger partial charge >= 0.3 is 0 Å². The summed E-state index contributed by atoms with van der Waals surface area (Å²) in [5.41, 5.74) is 3.07. The number of amides is 1. The minimum absolute atomic E-state index is 0.0377. The molecule has 0 aliphatic carbocycles. The van der Waals surface area contributed by atoms with E-state index in [0.29, 0.717) is 37.3 Å². The van der Waals surface area contributed by atoms with Gasteiger partial charge in [-0.15, -0.1) is 0 Å². The zero-order valence-corrected chi connectivity index (χ0v) is 21.6. The van der Waals surface area contributed by atoms with Crippen molar-refractivity contribution in [1.82, 2.24) is 0 Å². The number of nitrogens with one attached hydrogen (secondary N) is 1. The van der Waals surface area contributed by atoms with Gasteiger partial charge in [0.15, 0.2) is 11.5 Å². The van der Waals surface area contributed by atoms with Crippen LogP contribution in [0.2, 0.25) is 10.0 Å². The first-order valence-corrected chi connectivity index (χ1v) is 11.9. The zero-order chi connectivity index (χ0) is 24.7. The van der Waals surface area contributed by atoms with Gasteiger partial charge in [-0.3, -0.25) is 4.79 Å². The summed E-state index contributed by atoms with van der Waals surface area (Å²) in [7, 11) is 1.51. The first-order valence-electron chi connectivity index (χ1n) is 10.3. The van der Waals surface area contributed by atoms with Crippen LogP contribution in [-0.4, -0.2) is 13.0 Å². The van der Waals surface area contributed by atoms with Gasteiger partial charge in [-0.05, 0) is 75.4 Å². The van der Waals surface area contributed by atoms with Gasteiger partial charge in [0.25, 0.3) is 5.91 Å². The average molecular weight is 560 g/mol. The van der Waals surface area contributed by atoms with Crippen LogP contribution in [0.4, 0.5) is 5.69 Å². The molecule has 0 heterocycles. The van der Waals surface area contributed by atoms with E-state index >= 15 is 0 Å². The Bertz CT molecular complexity index is 1290. The van der Waals surface area contributed by atoms with Crippen LogP contribution in [-0.2, 0) is 17.8 Å². The van der Waals surface area contributed by atoms with E-state index in [1.165, 1.54) is 13.2 Å². The summed E-state index contributed by atoms with van der Waals surface area (Å²) in [6.45, 7) is 2.24. The highest BCUT2D eigenvalue weighted by molar-refractivity contribution is 9.10. The number of carbonyl (C=O) groups is 1. The molecular weight excluding hydrogens is 539 g/mol. The molecule has 0 aliphatic heterocycles. The fraction of sp³-hybridized carbons (Fsp3) is 0.154. The Labute approximate surface area is 217 Å². The quantitative estimate of drug-likeness (QED) is 0.230. The minimum atomic E-state index is -0.488. The maximum Gasteiger partial charge on any atom is 0.266 e. The van der Waals surface area contributed by atoms with Crippen molar-refractivity contribution in [2.24, 2.45) is 0 Å². The molecule has 5 nitrogen and oxygen atoms in total. The summed E-state index contributed by atoms with van der Waals surface area (Å²) in [6.07, 6.45) is 2.26. The summed E-state index contributed by atoms with van der Waals surface area (Å²) in [5, 5.41) is 13.3. The number of ether oxygens (including phenoxy) is 2. The van der Waals surface area contributed by atoms with E-state index in [4.69, 9.17) is 32.7 Å². The van der Waals surface area contributed by atoms with Crippen molar-refractivity contribution in [3.05, 3.63) is 91.4 Å². The normalized spacial score (nSPS) is 11.0. The first kappa shape index (κ1) is 25.6. The SMILES string of the molecule is CCc1ccccc1NC(=O)/C(C#N)=C/c1cc(Br)c(OCc2ccc(Cl)c(Cl)c2)c(OC)c1. The zero-order valence-electron chi connectivity index (χ0n) is 18.5. The van der Waals surface area contributed by atoms with Gasteiger partial charge in [-0.1, -0.05) is 54.4 Å². The summed E-state index contributed by atoms with van der Waals surface area (Å²) in [4.78, 5) is 12.7. The molecule has 0 aliphatic rings.